The first-order valence-electron chi connectivity index (χ1n) is 3.38. The predicted molar refractivity (Wildman–Crippen MR) is 46.6 cm³/mol. The summed E-state index contributed by atoms with van der Waals surface area (Å²) >= 11 is 10.4. The number of benzene rings is 1. The molecule has 1 aromatic carbocycles. The monoisotopic (exact) mass is 242 g/mol. The third-order valence-electron chi connectivity index (χ3n) is 1.45. The molecule has 14 heavy (non-hydrogen) atoms. The fourth-order valence-electron chi connectivity index (χ4n) is 0.867. The van der Waals surface area contributed by atoms with E-state index in [2.05, 4.69) is 0 Å². The van der Waals surface area contributed by atoms with E-state index in [0.717, 1.165) is 12.1 Å². The first kappa shape index (κ1) is 11.3. The van der Waals surface area contributed by atoms with Gasteiger partial charge in [0.15, 0.2) is 0 Å². The van der Waals surface area contributed by atoms with E-state index < -0.39 is 17.0 Å². The molecule has 6 heteroatoms. The third kappa shape index (κ3) is 2.62. The van der Waals surface area contributed by atoms with E-state index in [4.69, 9.17) is 23.2 Å². The van der Waals surface area contributed by atoms with Crippen molar-refractivity contribution >= 4 is 28.4 Å². The van der Waals surface area contributed by atoms with Gasteiger partial charge in [0, 0.05) is 10.6 Å². The van der Waals surface area contributed by atoms with Crippen molar-refractivity contribution in [1.82, 2.24) is 0 Å². The molecule has 0 saturated heterocycles. The fourth-order valence-corrected chi connectivity index (χ4v) is 1.21. The van der Waals surface area contributed by atoms with Gasteiger partial charge in [-0.25, -0.2) is 0 Å². The van der Waals surface area contributed by atoms with Crippen molar-refractivity contribution in [2.75, 3.05) is 0 Å². The third-order valence-corrected chi connectivity index (χ3v) is 1.89. The van der Waals surface area contributed by atoms with Crippen LogP contribution in [0.25, 0.3) is 0 Å². The topological polar surface area (TPSA) is 17.1 Å². The lowest BCUT2D eigenvalue weighted by Gasteiger charge is -2.07. The first-order chi connectivity index (χ1) is 6.30. The molecule has 76 valence electrons. The lowest BCUT2D eigenvalue weighted by Crippen LogP contribution is -2.06. The zero-order valence-electron chi connectivity index (χ0n) is 6.53. The highest BCUT2D eigenvalue weighted by molar-refractivity contribution is 6.67. The van der Waals surface area contributed by atoms with E-state index in [1.807, 2.05) is 0 Å². The molecular weight excluding hydrogens is 240 g/mol. The Bertz CT molecular complexity index is 373. The average Bonchev–Trinajstić information content (AvgIpc) is 2.01. The molecule has 0 aliphatic rings. The molecule has 0 aromatic heterocycles. The van der Waals surface area contributed by atoms with Crippen LogP contribution in [0.5, 0.6) is 0 Å². The molecule has 0 amide bonds. The number of carbonyl (C=O) groups is 1. The van der Waals surface area contributed by atoms with Crippen molar-refractivity contribution < 1.29 is 18.0 Å². The number of alkyl halides is 3. The molecule has 0 aliphatic carbocycles. The molecule has 0 bridgehead atoms. The summed E-state index contributed by atoms with van der Waals surface area (Å²) in [6.07, 6.45) is -4.54. The maximum absolute atomic E-state index is 12.2. The Labute approximate surface area is 87.4 Å². The zero-order chi connectivity index (χ0) is 10.9. The van der Waals surface area contributed by atoms with Crippen LogP contribution in [0.1, 0.15) is 15.9 Å². The van der Waals surface area contributed by atoms with Crippen LogP contribution in [0.3, 0.4) is 0 Å². The number of carbonyl (C=O) groups excluding carboxylic acids is 1. The van der Waals surface area contributed by atoms with Crippen LogP contribution in [0.4, 0.5) is 13.2 Å². The maximum atomic E-state index is 12.2. The highest BCUT2D eigenvalue weighted by Gasteiger charge is 2.31. The summed E-state index contributed by atoms with van der Waals surface area (Å²) in [5.41, 5.74) is -1.26. The molecule has 0 unspecified atom stereocenters. The van der Waals surface area contributed by atoms with Gasteiger partial charge in [-0.1, -0.05) is 11.6 Å². The fraction of sp³-hybridized carbons (Fsp3) is 0.125. The molecule has 0 saturated carbocycles. The Hall–Kier alpha value is -0.740. The zero-order valence-corrected chi connectivity index (χ0v) is 8.04. The van der Waals surface area contributed by atoms with E-state index >= 15 is 0 Å². The highest BCUT2D eigenvalue weighted by atomic mass is 35.5. The average molecular weight is 243 g/mol. The highest BCUT2D eigenvalue weighted by Crippen LogP contribution is 2.32. The number of halogens is 5. The van der Waals surface area contributed by atoms with Crippen LogP contribution in [0, 0.1) is 0 Å². The van der Waals surface area contributed by atoms with Crippen molar-refractivity contribution in [2.24, 2.45) is 0 Å². The summed E-state index contributed by atoms with van der Waals surface area (Å²) in [5.74, 6) is 0. The van der Waals surface area contributed by atoms with E-state index in [9.17, 15) is 18.0 Å². The van der Waals surface area contributed by atoms with E-state index in [1.54, 1.807) is 0 Å². The van der Waals surface area contributed by atoms with Gasteiger partial charge in [0.05, 0.1) is 5.56 Å². The smallest absolute Gasteiger partial charge is 0.276 e. The van der Waals surface area contributed by atoms with Crippen LogP contribution in [0.2, 0.25) is 5.02 Å². The van der Waals surface area contributed by atoms with Gasteiger partial charge in [0.1, 0.15) is 0 Å². The number of hydrogen-bond acceptors (Lipinski definition) is 1. The summed E-state index contributed by atoms with van der Waals surface area (Å²) in [6.45, 7) is 0. The predicted octanol–water partition coefficient (Wildman–Crippen LogP) is 3.74. The maximum Gasteiger partial charge on any atom is 0.416 e. The molecule has 1 aromatic rings. The van der Waals surface area contributed by atoms with Crippen molar-refractivity contribution in [1.29, 1.82) is 0 Å². The van der Waals surface area contributed by atoms with Gasteiger partial charge in [-0.05, 0) is 29.8 Å². The minimum atomic E-state index is -4.54. The summed E-state index contributed by atoms with van der Waals surface area (Å²) < 4.78 is 36.6. The SMILES string of the molecule is O=C(Cl)c1cc(Cl)cc(C(F)(F)F)c1. The molecule has 0 fully saturated rings. The molecular formula is C8H3Cl2F3O. The van der Waals surface area contributed by atoms with E-state index in [1.165, 1.54) is 0 Å². The molecule has 0 radical (unpaired) electrons. The van der Waals surface area contributed by atoms with Gasteiger partial charge in [-0.2, -0.15) is 13.2 Å². The molecule has 1 rings (SSSR count). The number of rotatable bonds is 1. The summed E-state index contributed by atoms with van der Waals surface area (Å²) in [4.78, 5) is 10.6. The Kier molecular flexibility index (Phi) is 3.07. The Balaban J connectivity index is 3.28. The Morgan fingerprint density at radius 3 is 2.21 bits per heavy atom. The minimum Gasteiger partial charge on any atom is -0.276 e. The van der Waals surface area contributed by atoms with Gasteiger partial charge in [0.2, 0.25) is 0 Å². The van der Waals surface area contributed by atoms with Crippen molar-refractivity contribution in [3.8, 4) is 0 Å². The lowest BCUT2D eigenvalue weighted by atomic mass is 10.1. The van der Waals surface area contributed by atoms with Crippen LogP contribution >= 0.6 is 23.2 Å². The first-order valence-corrected chi connectivity index (χ1v) is 4.14. The van der Waals surface area contributed by atoms with E-state index in [-0.39, 0.29) is 10.6 Å². The summed E-state index contributed by atoms with van der Waals surface area (Å²) in [6, 6.07) is 2.46. The molecule has 0 heterocycles. The second-order valence-electron chi connectivity index (χ2n) is 2.50. The van der Waals surface area contributed by atoms with Gasteiger partial charge < -0.3 is 0 Å². The summed E-state index contributed by atoms with van der Waals surface area (Å²) in [5, 5.41) is -1.15. The van der Waals surface area contributed by atoms with Crippen molar-refractivity contribution in [3.63, 3.8) is 0 Å². The van der Waals surface area contributed by atoms with Crippen LogP contribution in [0.15, 0.2) is 18.2 Å². The number of hydrogen-bond donors (Lipinski definition) is 0. The Morgan fingerprint density at radius 1 is 1.21 bits per heavy atom. The lowest BCUT2D eigenvalue weighted by molar-refractivity contribution is -0.137. The van der Waals surface area contributed by atoms with Gasteiger partial charge in [-0.3, -0.25) is 4.79 Å². The Morgan fingerprint density at radius 2 is 1.79 bits per heavy atom. The molecule has 0 aliphatic heterocycles. The quantitative estimate of drug-likeness (QED) is 0.686. The summed E-state index contributed by atoms with van der Waals surface area (Å²) in [7, 11) is 0. The minimum absolute atomic E-state index is 0.177. The molecule has 0 spiro atoms. The van der Waals surface area contributed by atoms with Crippen molar-refractivity contribution in [2.45, 2.75) is 6.18 Å². The molecule has 1 nitrogen and oxygen atoms in total. The molecule has 0 N–H and O–H groups in total. The molecule has 0 atom stereocenters. The van der Waals surface area contributed by atoms with Gasteiger partial charge >= 0.3 is 6.18 Å². The van der Waals surface area contributed by atoms with Crippen molar-refractivity contribution in [3.05, 3.63) is 34.3 Å². The van der Waals surface area contributed by atoms with Gasteiger partial charge in [-0.15, -0.1) is 0 Å². The normalized spacial score (nSPS) is 11.5. The second-order valence-corrected chi connectivity index (χ2v) is 3.28. The van der Waals surface area contributed by atoms with E-state index in [0.29, 0.717) is 6.07 Å². The standard InChI is InChI=1S/C8H3Cl2F3O/c9-6-2-4(7(10)14)1-5(3-6)8(11,12)13/h1-3H. The van der Waals surface area contributed by atoms with Crippen LogP contribution in [-0.2, 0) is 6.18 Å². The second kappa shape index (κ2) is 3.79. The van der Waals surface area contributed by atoms with Gasteiger partial charge in [0.25, 0.3) is 5.24 Å². The van der Waals surface area contributed by atoms with Crippen LogP contribution in [-0.4, -0.2) is 5.24 Å². The largest absolute Gasteiger partial charge is 0.416 e. The van der Waals surface area contributed by atoms with Crippen LogP contribution < -0.4 is 0 Å².